The highest BCUT2D eigenvalue weighted by Crippen LogP contribution is 2.10. The van der Waals surface area contributed by atoms with E-state index in [2.05, 4.69) is 0 Å². The van der Waals surface area contributed by atoms with Crippen LogP contribution < -0.4 is 5.46 Å². The molecule has 0 aliphatic heterocycles. The number of halogens is 1. The SMILES string of the molecule is [B]c1cccc(C(=O)C(C)C)c1F. The molecule has 13 heavy (non-hydrogen) atoms. The standard InChI is InChI=1S/C10H10BFO/c1-6(2)10(13)7-4-3-5-8(11)9(7)12/h3-6H,1-2H3. The second-order valence-corrected chi connectivity index (χ2v) is 3.23. The minimum Gasteiger partial charge on any atom is -0.294 e. The van der Waals surface area contributed by atoms with E-state index in [4.69, 9.17) is 7.85 Å². The van der Waals surface area contributed by atoms with Crippen LogP contribution in [0.3, 0.4) is 0 Å². The first-order valence-electron chi connectivity index (χ1n) is 4.12. The van der Waals surface area contributed by atoms with Crippen LogP contribution in [0, 0.1) is 11.7 Å². The predicted octanol–water partition coefficient (Wildman–Crippen LogP) is 1.46. The summed E-state index contributed by atoms with van der Waals surface area (Å²) in [5, 5.41) is 0. The van der Waals surface area contributed by atoms with Crippen molar-refractivity contribution >= 4 is 19.1 Å². The van der Waals surface area contributed by atoms with E-state index in [-0.39, 0.29) is 22.7 Å². The molecule has 0 aliphatic carbocycles. The Hall–Kier alpha value is -1.12. The Bertz CT molecular complexity index is 334. The van der Waals surface area contributed by atoms with Gasteiger partial charge in [0.15, 0.2) is 5.78 Å². The fourth-order valence-corrected chi connectivity index (χ4v) is 1.05. The van der Waals surface area contributed by atoms with Crippen LogP contribution in [0.25, 0.3) is 0 Å². The van der Waals surface area contributed by atoms with Gasteiger partial charge in [0.05, 0.1) is 5.56 Å². The van der Waals surface area contributed by atoms with E-state index >= 15 is 0 Å². The van der Waals surface area contributed by atoms with Gasteiger partial charge in [-0.05, 0) is 6.07 Å². The molecule has 0 amide bonds. The third kappa shape index (κ3) is 1.97. The lowest BCUT2D eigenvalue weighted by Gasteiger charge is -2.06. The minimum atomic E-state index is -0.610. The maximum absolute atomic E-state index is 13.3. The molecule has 0 N–H and O–H groups in total. The van der Waals surface area contributed by atoms with Gasteiger partial charge in [-0.15, -0.1) is 0 Å². The Kier molecular flexibility index (Phi) is 2.86. The van der Waals surface area contributed by atoms with Crippen LogP contribution in [-0.4, -0.2) is 13.6 Å². The molecule has 0 atom stereocenters. The van der Waals surface area contributed by atoms with Gasteiger partial charge in [0, 0.05) is 5.92 Å². The Balaban J connectivity index is 3.15. The first-order chi connectivity index (χ1) is 6.04. The van der Waals surface area contributed by atoms with E-state index in [9.17, 15) is 9.18 Å². The molecule has 0 heterocycles. The first kappa shape index (κ1) is 9.97. The third-order valence-corrected chi connectivity index (χ3v) is 1.82. The van der Waals surface area contributed by atoms with E-state index in [0.29, 0.717) is 0 Å². The number of carbonyl (C=O) groups is 1. The molecule has 2 radical (unpaired) electrons. The smallest absolute Gasteiger partial charge is 0.168 e. The highest BCUT2D eigenvalue weighted by Gasteiger charge is 2.15. The summed E-state index contributed by atoms with van der Waals surface area (Å²) >= 11 is 0. The van der Waals surface area contributed by atoms with Crippen molar-refractivity contribution in [3.8, 4) is 0 Å². The number of benzene rings is 1. The van der Waals surface area contributed by atoms with Crippen molar-refractivity contribution in [2.24, 2.45) is 5.92 Å². The van der Waals surface area contributed by atoms with Crippen molar-refractivity contribution in [1.29, 1.82) is 0 Å². The molecule has 1 nitrogen and oxygen atoms in total. The van der Waals surface area contributed by atoms with Gasteiger partial charge in [-0.25, -0.2) is 4.39 Å². The van der Waals surface area contributed by atoms with Gasteiger partial charge in [0.2, 0.25) is 0 Å². The molecule has 66 valence electrons. The summed E-state index contributed by atoms with van der Waals surface area (Å²) in [4.78, 5) is 11.4. The monoisotopic (exact) mass is 176 g/mol. The highest BCUT2D eigenvalue weighted by atomic mass is 19.1. The van der Waals surface area contributed by atoms with Crippen molar-refractivity contribution in [3.05, 3.63) is 29.6 Å². The average Bonchev–Trinajstić information content (AvgIpc) is 2.08. The number of hydrogen-bond acceptors (Lipinski definition) is 1. The molecule has 1 aromatic rings. The summed E-state index contributed by atoms with van der Waals surface area (Å²) in [7, 11) is 5.33. The average molecular weight is 176 g/mol. The van der Waals surface area contributed by atoms with Crippen LogP contribution in [0.4, 0.5) is 4.39 Å². The zero-order chi connectivity index (χ0) is 10.0. The van der Waals surface area contributed by atoms with Gasteiger partial charge in [0.25, 0.3) is 0 Å². The molecule has 0 bridgehead atoms. The van der Waals surface area contributed by atoms with Crippen LogP contribution in [-0.2, 0) is 0 Å². The van der Waals surface area contributed by atoms with E-state index in [1.54, 1.807) is 19.9 Å². The minimum absolute atomic E-state index is 0.0199. The molecule has 1 aromatic carbocycles. The summed E-state index contributed by atoms with van der Waals surface area (Å²) in [6, 6.07) is 4.47. The van der Waals surface area contributed by atoms with Crippen molar-refractivity contribution in [2.75, 3.05) is 0 Å². The molecule has 0 fully saturated rings. The number of carbonyl (C=O) groups excluding carboxylic acids is 1. The van der Waals surface area contributed by atoms with Crippen molar-refractivity contribution < 1.29 is 9.18 Å². The lowest BCUT2D eigenvalue weighted by atomic mass is 9.90. The van der Waals surface area contributed by atoms with E-state index < -0.39 is 5.82 Å². The Labute approximate surface area is 78.4 Å². The molecule has 0 unspecified atom stereocenters. The third-order valence-electron chi connectivity index (χ3n) is 1.82. The van der Waals surface area contributed by atoms with Crippen LogP contribution in [0.2, 0.25) is 0 Å². The summed E-state index contributed by atoms with van der Waals surface area (Å²) in [5.41, 5.74) is 0.0986. The molecule has 1 rings (SSSR count). The predicted molar refractivity (Wildman–Crippen MR) is 51.0 cm³/mol. The molecule has 0 saturated heterocycles. The van der Waals surface area contributed by atoms with Gasteiger partial charge in [-0.3, -0.25) is 4.79 Å². The first-order valence-corrected chi connectivity index (χ1v) is 4.12. The summed E-state index contributed by atoms with van der Waals surface area (Å²) in [6.45, 7) is 3.45. The fourth-order valence-electron chi connectivity index (χ4n) is 1.05. The zero-order valence-electron chi connectivity index (χ0n) is 7.67. The molecular formula is C10H10BFO. The van der Waals surface area contributed by atoms with Gasteiger partial charge >= 0.3 is 0 Å². The summed E-state index contributed by atoms with van der Waals surface area (Å²) in [5.74, 6) is -1.04. The number of ketones is 1. The summed E-state index contributed by atoms with van der Waals surface area (Å²) in [6.07, 6.45) is 0. The molecule has 0 spiro atoms. The topological polar surface area (TPSA) is 17.1 Å². The quantitative estimate of drug-likeness (QED) is 0.492. The largest absolute Gasteiger partial charge is 0.294 e. The van der Waals surface area contributed by atoms with Crippen LogP contribution in [0.1, 0.15) is 24.2 Å². The number of hydrogen-bond donors (Lipinski definition) is 0. The maximum Gasteiger partial charge on any atom is 0.168 e. The number of Topliss-reactive ketones (excluding diaryl/α,β-unsaturated/α-hetero) is 1. The van der Waals surface area contributed by atoms with E-state index in [0.717, 1.165) is 0 Å². The maximum atomic E-state index is 13.3. The zero-order valence-corrected chi connectivity index (χ0v) is 7.67. The van der Waals surface area contributed by atoms with Gasteiger partial charge in [0.1, 0.15) is 13.7 Å². The Morgan fingerprint density at radius 3 is 2.62 bits per heavy atom. The van der Waals surface area contributed by atoms with Gasteiger partial charge in [-0.2, -0.15) is 0 Å². The lowest BCUT2D eigenvalue weighted by molar-refractivity contribution is 0.0935. The second-order valence-electron chi connectivity index (χ2n) is 3.23. The normalized spacial score (nSPS) is 10.5. The molecule has 0 aliphatic rings. The van der Waals surface area contributed by atoms with Gasteiger partial charge in [-0.1, -0.05) is 31.4 Å². The molecule has 0 saturated carbocycles. The van der Waals surface area contributed by atoms with Crippen molar-refractivity contribution in [2.45, 2.75) is 13.8 Å². The highest BCUT2D eigenvalue weighted by molar-refractivity contribution is 6.33. The molecule has 3 heteroatoms. The fraction of sp³-hybridized carbons (Fsp3) is 0.300. The van der Waals surface area contributed by atoms with E-state index in [1.165, 1.54) is 12.1 Å². The Morgan fingerprint density at radius 2 is 2.08 bits per heavy atom. The number of rotatable bonds is 2. The second kappa shape index (κ2) is 3.73. The van der Waals surface area contributed by atoms with Gasteiger partial charge < -0.3 is 0 Å². The lowest BCUT2D eigenvalue weighted by Crippen LogP contribution is -2.17. The summed E-state index contributed by atoms with van der Waals surface area (Å²) < 4.78 is 13.3. The van der Waals surface area contributed by atoms with Crippen molar-refractivity contribution in [1.82, 2.24) is 0 Å². The molecular weight excluding hydrogens is 166 g/mol. The van der Waals surface area contributed by atoms with Crippen LogP contribution in [0.5, 0.6) is 0 Å². The van der Waals surface area contributed by atoms with Crippen LogP contribution >= 0.6 is 0 Å². The molecule has 0 aromatic heterocycles. The Morgan fingerprint density at radius 1 is 1.46 bits per heavy atom. The van der Waals surface area contributed by atoms with E-state index in [1.807, 2.05) is 0 Å². The van der Waals surface area contributed by atoms with Crippen molar-refractivity contribution in [3.63, 3.8) is 0 Å². The van der Waals surface area contributed by atoms with Crippen LogP contribution in [0.15, 0.2) is 18.2 Å².